The maximum atomic E-state index is 13.9. The van der Waals surface area contributed by atoms with Crippen molar-refractivity contribution in [3.05, 3.63) is 105 Å². The van der Waals surface area contributed by atoms with Crippen molar-refractivity contribution in [1.82, 2.24) is 9.80 Å². The zero-order chi connectivity index (χ0) is 26.1. The summed E-state index contributed by atoms with van der Waals surface area (Å²) in [7, 11) is 0. The number of para-hydroxylation sites is 1. The first-order chi connectivity index (χ1) is 17.9. The van der Waals surface area contributed by atoms with Crippen LogP contribution in [0.5, 0.6) is 11.5 Å². The second kappa shape index (κ2) is 10.2. The largest absolute Gasteiger partial charge is 0.457 e. The van der Waals surface area contributed by atoms with Crippen LogP contribution >= 0.6 is 0 Å². The van der Waals surface area contributed by atoms with E-state index < -0.39 is 6.04 Å². The van der Waals surface area contributed by atoms with Gasteiger partial charge in [-0.2, -0.15) is 0 Å². The molecule has 0 N–H and O–H groups in total. The summed E-state index contributed by atoms with van der Waals surface area (Å²) in [6.45, 7) is 11.1. The molecule has 1 aliphatic rings. The smallest absolute Gasteiger partial charge is 0.290 e. The van der Waals surface area contributed by atoms with Gasteiger partial charge in [-0.1, -0.05) is 44.2 Å². The van der Waals surface area contributed by atoms with Gasteiger partial charge in [-0.25, -0.2) is 0 Å². The lowest BCUT2D eigenvalue weighted by molar-refractivity contribution is 0.0708. The van der Waals surface area contributed by atoms with Crippen molar-refractivity contribution in [3.63, 3.8) is 0 Å². The van der Waals surface area contributed by atoms with Gasteiger partial charge < -0.3 is 19.0 Å². The summed E-state index contributed by atoms with van der Waals surface area (Å²) in [6, 6.07) is 20.3. The highest BCUT2D eigenvalue weighted by molar-refractivity contribution is 5.99. The van der Waals surface area contributed by atoms with Gasteiger partial charge in [0.1, 0.15) is 17.1 Å². The molecule has 5 rings (SSSR count). The Labute approximate surface area is 217 Å². The first-order valence-electron chi connectivity index (χ1n) is 12.8. The average Bonchev–Trinajstić information content (AvgIpc) is 3.18. The van der Waals surface area contributed by atoms with E-state index in [9.17, 15) is 9.59 Å². The molecule has 1 aliphatic heterocycles. The van der Waals surface area contributed by atoms with E-state index in [1.807, 2.05) is 80.6 Å². The molecule has 6 nitrogen and oxygen atoms in total. The fraction of sp³-hybridized carbons (Fsp3) is 0.290. The Bertz CT molecular complexity index is 1510. The predicted octanol–water partition coefficient (Wildman–Crippen LogP) is 6.09. The number of fused-ring (bicyclic) bond motifs is 2. The average molecular weight is 497 g/mol. The molecule has 37 heavy (non-hydrogen) atoms. The van der Waals surface area contributed by atoms with E-state index in [1.54, 1.807) is 4.90 Å². The Morgan fingerprint density at radius 2 is 1.59 bits per heavy atom. The lowest BCUT2D eigenvalue weighted by Gasteiger charge is -2.28. The van der Waals surface area contributed by atoms with Crippen molar-refractivity contribution in [2.45, 2.75) is 33.7 Å². The number of amides is 1. The Hall–Kier alpha value is -3.90. The van der Waals surface area contributed by atoms with Crippen LogP contribution in [0.2, 0.25) is 0 Å². The molecule has 2 heterocycles. The topological polar surface area (TPSA) is 63.0 Å². The third-order valence-electron chi connectivity index (χ3n) is 7.29. The summed E-state index contributed by atoms with van der Waals surface area (Å²) >= 11 is 0. The van der Waals surface area contributed by atoms with Gasteiger partial charge in [0.25, 0.3) is 5.91 Å². The molecule has 1 atom stereocenters. The Balaban J connectivity index is 1.63. The molecule has 6 heteroatoms. The van der Waals surface area contributed by atoms with Gasteiger partial charge in [-0.05, 0) is 80.0 Å². The van der Waals surface area contributed by atoms with E-state index in [0.717, 1.165) is 35.5 Å². The quantitative estimate of drug-likeness (QED) is 0.295. The molecule has 0 saturated carbocycles. The standard InChI is InChI=1S/C31H32N2O4/c1-5-32(6-2)15-16-33-28(22-11-10-14-24(19-22)36-23-12-8-7-9-13-23)27-29(34)25-17-20(3)21(4)18-26(25)37-30(27)31(33)35/h7-14,17-19,28H,5-6,15-16H2,1-4H3. The number of hydrogen-bond donors (Lipinski definition) is 0. The predicted molar refractivity (Wildman–Crippen MR) is 146 cm³/mol. The van der Waals surface area contributed by atoms with Gasteiger partial charge in [-0.15, -0.1) is 0 Å². The number of likely N-dealkylation sites (N-methyl/N-ethyl adjacent to an activating group) is 1. The molecule has 0 bridgehead atoms. The Kier molecular flexibility index (Phi) is 6.85. The van der Waals surface area contributed by atoms with Crippen LogP contribution in [-0.4, -0.2) is 41.9 Å². The number of nitrogens with zero attached hydrogens (tertiary/aromatic N) is 2. The number of ether oxygens (including phenoxy) is 1. The van der Waals surface area contributed by atoms with Crippen LogP contribution in [0, 0.1) is 13.8 Å². The van der Waals surface area contributed by atoms with Crippen molar-refractivity contribution in [2.24, 2.45) is 0 Å². The van der Waals surface area contributed by atoms with Crippen LogP contribution < -0.4 is 10.2 Å². The second-order valence-corrected chi connectivity index (χ2v) is 9.52. The fourth-order valence-electron chi connectivity index (χ4n) is 5.01. The minimum Gasteiger partial charge on any atom is -0.457 e. The third kappa shape index (κ3) is 4.65. The molecule has 0 fully saturated rings. The van der Waals surface area contributed by atoms with Crippen LogP contribution in [0.3, 0.4) is 0 Å². The van der Waals surface area contributed by atoms with Crippen molar-refractivity contribution >= 4 is 16.9 Å². The van der Waals surface area contributed by atoms with Gasteiger partial charge in [0, 0.05) is 13.1 Å². The first kappa shape index (κ1) is 24.8. The zero-order valence-corrected chi connectivity index (χ0v) is 21.8. The van der Waals surface area contributed by atoms with Crippen LogP contribution in [0.15, 0.2) is 75.9 Å². The highest BCUT2D eigenvalue weighted by atomic mass is 16.5. The summed E-state index contributed by atoms with van der Waals surface area (Å²) in [5.41, 5.74) is 3.54. The van der Waals surface area contributed by atoms with Crippen molar-refractivity contribution in [2.75, 3.05) is 26.2 Å². The molecular formula is C31H32N2O4. The fourth-order valence-corrected chi connectivity index (χ4v) is 5.01. The summed E-state index contributed by atoms with van der Waals surface area (Å²) in [5, 5.41) is 0.502. The number of carbonyl (C=O) groups excluding carboxylic acids is 1. The summed E-state index contributed by atoms with van der Waals surface area (Å²) in [5.74, 6) is 1.25. The molecular weight excluding hydrogens is 464 g/mol. The number of carbonyl (C=O) groups is 1. The van der Waals surface area contributed by atoms with E-state index in [0.29, 0.717) is 35.4 Å². The molecule has 0 radical (unpaired) electrons. The van der Waals surface area contributed by atoms with E-state index in [2.05, 4.69) is 18.7 Å². The van der Waals surface area contributed by atoms with Crippen LogP contribution in [0.4, 0.5) is 0 Å². The summed E-state index contributed by atoms with van der Waals surface area (Å²) in [4.78, 5) is 31.7. The van der Waals surface area contributed by atoms with Gasteiger partial charge in [0.2, 0.25) is 5.76 Å². The number of hydrogen-bond acceptors (Lipinski definition) is 5. The molecule has 1 amide bonds. The molecule has 4 aromatic rings. The molecule has 0 aliphatic carbocycles. The first-order valence-corrected chi connectivity index (χ1v) is 12.8. The van der Waals surface area contributed by atoms with Crippen molar-refractivity contribution < 1.29 is 13.9 Å². The molecule has 0 saturated heterocycles. The van der Waals surface area contributed by atoms with Crippen LogP contribution in [-0.2, 0) is 0 Å². The third-order valence-corrected chi connectivity index (χ3v) is 7.29. The number of benzene rings is 3. The minimum atomic E-state index is -0.556. The molecule has 190 valence electrons. The highest BCUT2D eigenvalue weighted by Crippen LogP contribution is 2.39. The van der Waals surface area contributed by atoms with E-state index >= 15 is 0 Å². The Morgan fingerprint density at radius 3 is 2.32 bits per heavy atom. The molecule has 0 spiro atoms. The normalized spacial score (nSPS) is 15.0. The molecule has 1 unspecified atom stereocenters. The summed E-state index contributed by atoms with van der Waals surface area (Å²) in [6.07, 6.45) is 0. The van der Waals surface area contributed by atoms with Crippen LogP contribution in [0.1, 0.15) is 52.7 Å². The van der Waals surface area contributed by atoms with E-state index in [1.165, 1.54) is 0 Å². The number of rotatable bonds is 8. The maximum Gasteiger partial charge on any atom is 0.290 e. The van der Waals surface area contributed by atoms with E-state index in [4.69, 9.17) is 9.15 Å². The summed E-state index contributed by atoms with van der Waals surface area (Å²) < 4.78 is 12.2. The Morgan fingerprint density at radius 1 is 0.892 bits per heavy atom. The SMILES string of the molecule is CCN(CC)CCN1C(=O)c2oc3cc(C)c(C)cc3c(=O)c2C1c1cccc(Oc2ccccc2)c1. The van der Waals surface area contributed by atoms with Crippen LogP contribution in [0.25, 0.3) is 11.0 Å². The maximum absolute atomic E-state index is 13.9. The van der Waals surface area contributed by atoms with E-state index in [-0.39, 0.29) is 17.1 Å². The highest BCUT2D eigenvalue weighted by Gasteiger charge is 2.42. The lowest BCUT2D eigenvalue weighted by atomic mass is 9.97. The molecule has 1 aromatic heterocycles. The van der Waals surface area contributed by atoms with Gasteiger partial charge in [0.05, 0.1) is 17.0 Å². The van der Waals surface area contributed by atoms with Crippen molar-refractivity contribution in [1.29, 1.82) is 0 Å². The zero-order valence-electron chi connectivity index (χ0n) is 21.8. The lowest BCUT2D eigenvalue weighted by Crippen LogP contribution is -2.37. The minimum absolute atomic E-state index is 0.139. The monoisotopic (exact) mass is 496 g/mol. The second-order valence-electron chi connectivity index (χ2n) is 9.52. The number of aryl methyl sites for hydroxylation is 2. The van der Waals surface area contributed by atoms with Gasteiger partial charge >= 0.3 is 0 Å². The van der Waals surface area contributed by atoms with Gasteiger partial charge in [0.15, 0.2) is 5.43 Å². The van der Waals surface area contributed by atoms with Crippen molar-refractivity contribution in [3.8, 4) is 11.5 Å². The molecule has 3 aromatic carbocycles. The van der Waals surface area contributed by atoms with Gasteiger partial charge in [-0.3, -0.25) is 9.59 Å².